The van der Waals surface area contributed by atoms with Crippen LogP contribution in [0, 0.1) is 11.6 Å². The molecule has 0 spiro atoms. The largest absolute Gasteiger partial charge is 0.379 e. The molecule has 2 rings (SSSR count). The molecular formula is C12H12F2N2S. The van der Waals surface area contributed by atoms with Crippen LogP contribution in [0.4, 0.5) is 14.5 Å². The Morgan fingerprint density at radius 3 is 2.76 bits per heavy atom. The second kappa shape index (κ2) is 5.23. The van der Waals surface area contributed by atoms with Gasteiger partial charge in [0.1, 0.15) is 0 Å². The molecule has 0 aliphatic rings. The van der Waals surface area contributed by atoms with Gasteiger partial charge in [-0.05, 0) is 18.6 Å². The molecule has 1 heterocycles. The third-order valence-corrected chi connectivity index (χ3v) is 3.34. The highest BCUT2D eigenvalue weighted by molar-refractivity contribution is 7.09. The molecule has 17 heavy (non-hydrogen) atoms. The number of rotatable bonds is 4. The zero-order valence-electron chi connectivity index (χ0n) is 9.34. The molecule has 0 fully saturated rings. The average molecular weight is 254 g/mol. The van der Waals surface area contributed by atoms with E-state index in [1.54, 1.807) is 11.3 Å². The van der Waals surface area contributed by atoms with Crippen LogP contribution in [-0.4, -0.2) is 4.98 Å². The number of aromatic nitrogens is 1. The van der Waals surface area contributed by atoms with Crippen LogP contribution in [0.5, 0.6) is 0 Å². The molecule has 0 unspecified atom stereocenters. The van der Waals surface area contributed by atoms with E-state index in [0.717, 1.165) is 29.3 Å². The average Bonchev–Trinajstić information content (AvgIpc) is 2.79. The zero-order valence-corrected chi connectivity index (χ0v) is 10.2. The summed E-state index contributed by atoms with van der Waals surface area (Å²) in [5.74, 6) is -1.68. The van der Waals surface area contributed by atoms with E-state index in [2.05, 4.69) is 10.3 Å². The molecule has 0 radical (unpaired) electrons. The predicted molar refractivity (Wildman–Crippen MR) is 65.2 cm³/mol. The number of anilines is 1. The van der Waals surface area contributed by atoms with Crippen molar-refractivity contribution in [1.82, 2.24) is 4.98 Å². The summed E-state index contributed by atoms with van der Waals surface area (Å²) in [4.78, 5) is 4.37. The number of nitrogens with one attached hydrogen (secondary N) is 1. The monoisotopic (exact) mass is 254 g/mol. The number of hydrogen-bond donors (Lipinski definition) is 1. The van der Waals surface area contributed by atoms with E-state index in [1.807, 2.05) is 12.3 Å². The van der Waals surface area contributed by atoms with Crippen molar-refractivity contribution in [3.05, 3.63) is 45.9 Å². The first kappa shape index (κ1) is 12.0. The van der Waals surface area contributed by atoms with Crippen molar-refractivity contribution in [2.75, 3.05) is 5.32 Å². The minimum Gasteiger partial charge on any atom is -0.379 e. The van der Waals surface area contributed by atoms with E-state index in [-0.39, 0.29) is 0 Å². The van der Waals surface area contributed by atoms with Crippen LogP contribution in [0.3, 0.4) is 0 Å². The molecule has 5 heteroatoms. The van der Waals surface area contributed by atoms with Crippen molar-refractivity contribution in [3.8, 4) is 0 Å². The summed E-state index contributed by atoms with van der Waals surface area (Å²) >= 11 is 1.61. The predicted octanol–water partition coefficient (Wildman–Crippen LogP) is 3.60. The van der Waals surface area contributed by atoms with E-state index in [1.165, 1.54) is 6.07 Å². The topological polar surface area (TPSA) is 24.9 Å². The van der Waals surface area contributed by atoms with Crippen molar-refractivity contribution >= 4 is 17.0 Å². The number of halogens is 2. The van der Waals surface area contributed by atoms with E-state index in [0.29, 0.717) is 12.2 Å². The summed E-state index contributed by atoms with van der Waals surface area (Å²) in [5.41, 5.74) is 1.46. The van der Waals surface area contributed by atoms with Gasteiger partial charge in [0.25, 0.3) is 0 Å². The van der Waals surface area contributed by atoms with Crippen LogP contribution >= 0.6 is 11.3 Å². The smallest absolute Gasteiger partial charge is 0.160 e. The summed E-state index contributed by atoms with van der Waals surface area (Å²) in [7, 11) is 0. The van der Waals surface area contributed by atoms with Gasteiger partial charge in [-0.1, -0.05) is 6.92 Å². The van der Waals surface area contributed by atoms with Gasteiger partial charge in [-0.2, -0.15) is 0 Å². The maximum absolute atomic E-state index is 12.9. The molecule has 0 bridgehead atoms. The lowest BCUT2D eigenvalue weighted by Crippen LogP contribution is -2.00. The van der Waals surface area contributed by atoms with Crippen molar-refractivity contribution < 1.29 is 8.78 Å². The molecule has 2 nitrogen and oxygen atoms in total. The maximum atomic E-state index is 12.9. The fraction of sp³-hybridized carbons (Fsp3) is 0.250. The van der Waals surface area contributed by atoms with Crippen molar-refractivity contribution in [2.24, 2.45) is 0 Å². The van der Waals surface area contributed by atoms with E-state index in [9.17, 15) is 8.78 Å². The van der Waals surface area contributed by atoms with Crippen molar-refractivity contribution in [3.63, 3.8) is 0 Å². The van der Waals surface area contributed by atoms with Crippen LogP contribution in [0.1, 0.15) is 17.6 Å². The van der Waals surface area contributed by atoms with Crippen LogP contribution < -0.4 is 5.32 Å². The normalized spacial score (nSPS) is 10.5. The molecule has 90 valence electrons. The van der Waals surface area contributed by atoms with Gasteiger partial charge in [0.05, 0.1) is 17.2 Å². The van der Waals surface area contributed by atoms with Gasteiger partial charge in [-0.25, -0.2) is 13.8 Å². The summed E-state index contributed by atoms with van der Waals surface area (Å²) in [6.45, 7) is 2.56. The third kappa shape index (κ3) is 3.00. The summed E-state index contributed by atoms with van der Waals surface area (Å²) in [5, 5.41) is 6.04. The Labute approximate surface area is 102 Å². The van der Waals surface area contributed by atoms with Crippen molar-refractivity contribution in [1.29, 1.82) is 0 Å². The van der Waals surface area contributed by atoms with Crippen LogP contribution in [-0.2, 0) is 13.0 Å². The summed E-state index contributed by atoms with van der Waals surface area (Å²) < 4.78 is 25.6. The maximum Gasteiger partial charge on any atom is 0.160 e. The van der Waals surface area contributed by atoms with Crippen molar-refractivity contribution in [2.45, 2.75) is 19.9 Å². The third-order valence-electron chi connectivity index (χ3n) is 2.29. The number of aryl methyl sites for hydroxylation is 1. The summed E-state index contributed by atoms with van der Waals surface area (Å²) in [6, 6.07) is 3.75. The molecule has 0 aliphatic heterocycles. The first-order chi connectivity index (χ1) is 8.19. The molecule has 0 saturated heterocycles. The number of thiazole rings is 1. The second-order valence-corrected chi connectivity index (χ2v) is 4.51. The summed E-state index contributed by atoms with van der Waals surface area (Å²) in [6.07, 6.45) is 0.913. The Kier molecular flexibility index (Phi) is 3.68. The molecule has 0 saturated carbocycles. The highest BCUT2D eigenvalue weighted by Gasteiger charge is 2.03. The van der Waals surface area contributed by atoms with Crippen LogP contribution in [0.25, 0.3) is 0 Å². The van der Waals surface area contributed by atoms with Gasteiger partial charge < -0.3 is 5.32 Å². The highest BCUT2D eigenvalue weighted by atomic mass is 32.1. The van der Waals surface area contributed by atoms with E-state index in [4.69, 9.17) is 0 Å². The van der Waals surface area contributed by atoms with Gasteiger partial charge in [0, 0.05) is 17.1 Å². The molecule has 1 N–H and O–H groups in total. The first-order valence-corrected chi connectivity index (χ1v) is 6.19. The molecular weight excluding hydrogens is 242 g/mol. The standard InChI is InChI=1S/C12H12F2N2S/c1-2-12-16-9(7-17-12)6-15-8-3-4-10(13)11(14)5-8/h3-5,7,15H,2,6H2,1H3. The minimum atomic E-state index is -0.845. The lowest BCUT2D eigenvalue weighted by Gasteiger charge is -2.04. The molecule has 2 aromatic rings. The van der Waals surface area contributed by atoms with Crippen LogP contribution in [0.15, 0.2) is 23.6 Å². The molecule has 1 aromatic heterocycles. The lowest BCUT2D eigenvalue weighted by molar-refractivity contribution is 0.509. The molecule has 0 amide bonds. The fourth-order valence-corrected chi connectivity index (χ4v) is 2.14. The van der Waals surface area contributed by atoms with Gasteiger partial charge in [-0.15, -0.1) is 11.3 Å². The molecule has 0 aliphatic carbocycles. The number of benzene rings is 1. The second-order valence-electron chi connectivity index (χ2n) is 3.57. The Morgan fingerprint density at radius 1 is 1.29 bits per heavy atom. The number of nitrogens with zero attached hydrogens (tertiary/aromatic N) is 1. The Balaban J connectivity index is 1.99. The van der Waals surface area contributed by atoms with Gasteiger partial charge >= 0.3 is 0 Å². The SMILES string of the molecule is CCc1nc(CNc2ccc(F)c(F)c2)cs1. The van der Waals surface area contributed by atoms with Gasteiger partial charge in [-0.3, -0.25) is 0 Å². The Morgan fingerprint density at radius 2 is 2.12 bits per heavy atom. The van der Waals surface area contributed by atoms with Crippen LogP contribution in [0.2, 0.25) is 0 Å². The minimum absolute atomic E-state index is 0.515. The van der Waals surface area contributed by atoms with E-state index >= 15 is 0 Å². The van der Waals surface area contributed by atoms with E-state index < -0.39 is 11.6 Å². The quantitative estimate of drug-likeness (QED) is 0.901. The zero-order chi connectivity index (χ0) is 12.3. The number of hydrogen-bond acceptors (Lipinski definition) is 3. The highest BCUT2D eigenvalue weighted by Crippen LogP contribution is 2.15. The van der Waals surface area contributed by atoms with Gasteiger partial charge in [0.15, 0.2) is 11.6 Å². The molecule has 0 atom stereocenters. The Bertz CT molecular complexity index is 511. The Hall–Kier alpha value is -1.49. The van der Waals surface area contributed by atoms with Gasteiger partial charge in [0.2, 0.25) is 0 Å². The fourth-order valence-electron chi connectivity index (χ4n) is 1.39. The lowest BCUT2D eigenvalue weighted by atomic mass is 10.3. The molecule has 1 aromatic carbocycles. The first-order valence-electron chi connectivity index (χ1n) is 5.31.